The minimum absolute atomic E-state index is 0.0866. The molecule has 0 aromatic rings. The van der Waals surface area contributed by atoms with Crippen LogP contribution in [-0.2, 0) is 0 Å². The number of alkyl halides is 3. The summed E-state index contributed by atoms with van der Waals surface area (Å²) < 4.78 is 38.1. The quantitative estimate of drug-likeness (QED) is 0.807. The molecular formula is C14H24F3N. The van der Waals surface area contributed by atoms with Crippen molar-refractivity contribution < 1.29 is 13.2 Å². The highest BCUT2D eigenvalue weighted by Crippen LogP contribution is 2.39. The van der Waals surface area contributed by atoms with Gasteiger partial charge in [0.05, 0.1) is 5.92 Å². The first-order valence-electron chi connectivity index (χ1n) is 7.19. The van der Waals surface area contributed by atoms with Crippen molar-refractivity contribution in [2.75, 3.05) is 0 Å². The van der Waals surface area contributed by atoms with E-state index in [1.165, 1.54) is 0 Å². The molecule has 2 aliphatic rings. The Balaban J connectivity index is 1.74. The zero-order valence-corrected chi connectivity index (χ0v) is 11.3. The highest BCUT2D eigenvalue weighted by atomic mass is 19.4. The van der Waals surface area contributed by atoms with E-state index in [9.17, 15) is 13.2 Å². The van der Waals surface area contributed by atoms with Crippen LogP contribution in [0.4, 0.5) is 13.2 Å². The first-order chi connectivity index (χ1) is 8.36. The molecule has 1 nitrogen and oxygen atoms in total. The second kappa shape index (κ2) is 5.40. The van der Waals surface area contributed by atoms with Crippen molar-refractivity contribution in [2.24, 2.45) is 17.8 Å². The third-order valence-corrected chi connectivity index (χ3v) is 4.73. The van der Waals surface area contributed by atoms with Crippen LogP contribution in [0.5, 0.6) is 0 Å². The Morgan fingerprint density at radius 3 is 2.22 bits per heavy atom. The van der Waals surface area contributed by atoms with Crippen molar-refractivity contribution in [3.05, 3.63) is 0 Å². The van der Waals surface area contributed by atoms with E-state index in [1.807, 2.05) is 0 Å². The number of halogens is 3. The summed E-state index contributed by atoms with van der Waals surface area (Å²) in [6.45, 7) is 4.45. The lowest BCUT2D eigenvalue weighted by Crippen LogP contribution is -2.49. The summed E-state index contributed by atoms with van der Waals surface area (Å²) in [6.07, 6.45) is 0.515. The Morgan fingerprint density at radius 1 is 1.00 bits per heavy atom. The summed E-state index contributed by atoms with van der Waals surface area (Å²) in [5.74, 6) is 0.395. The molecule has 2 fully saturated rings. The lowest BCUT2D eigenvalue weighted by molar-refractivity contribution is -0.184. The monoisotopic (exact) mass is 263 g/mol. The van der Waals surface area contributed by atoms with Crippen LogP contribution in [-0.4, -0.2) is 18.3 Å². The molecular weight excluding hydrogens is 239 g/mol. The molecule has 0 aromatic heterocycles. The van der Waals surface area contributed by atoms with E-state index in [-0.39, 0.29) is 12.5 Å². The van der Waals surface area contributed by atoms with Crippen molar-refractivity contribution in [1.29, 1.82) is 0 Å². The molecule has 0 aromatic carbocycles. The van der Waals surface area contributed by atoms with Crippen molar-refractivity contribution >= 4 is 0 Å². The Morgan fingerprint density at radius 2 is 1.67 bits per heavy atom. The van der Waals surface area contributed by atoms with Crippen molar-refractivity contribution in [2.45, 2.75) is 70.6 Å². The van der Waals surface area contributed by atoms with Crippen molar-refractivity contribution in [1.82, 2.24) is 5.32 Å². The Hall–Kier alpha value is -0.250. The first kappa shape index (κ1) is 14.2. The number of nitrogens with one attached hydrogen (secondary N) is 1. The lowest BCUT2D eigenvalue weighted by atomic mass is 9.73. The number of rotatable bonds is 3. The number of hydrogen-bond donors (Lipinski definition) is 1. The van der Waals surface area contributed by atoms with Crippen LogP contribution in [0.3, 0.4) is 0 Å². The maximum atomic E-state index is 12.7. The molecule has 1 N–H and O–H groups in total. The smallest absolute Gasteiger partial charge is 0.311 e. The fourth-order valence-electron chi connectivity index (χ4n) is 3.31. The molecule has 0 spiro atoms. The Bertz CT molecular complexity index is 269. The summed E-state index contributed by atoms with van der Waals surface area (Å²) in [5.41, 5.74) is 0. The van der Waals surface area contributed by atoms with E-state index in [4.69, 9.17) is 0 Å². The summed E-state index contributed by atoms with van der Waals surface area (Å²) >= 11 is 0. The molecule has 0 bridgehead atoms. The zero-order chi connectivity index (χ0) is 13.3. The van der Waals surface area contributed by atoms with E-state index in [0.717, 1.165) is 25.2 Å². The van der Waals surface area contributed by atoms with Gasteiger partial charge in [-0.15, -0.1) is 0 Å². The summed E-state index contributed by atoms with van der Waals surface area (Å²) in [7, 11) is 0. The van der Waals surface area contributed by atoms with Gasteiger partial charge in [0.1, 0.15) is 0 Å². The average Bonchev–Trinajstić information content (AvgIpc) is 2.21. The van der Waals surface area contributed by atoms with Gasteiger partial charge >= 0.3 is 6.18 Å². The molecule has 0 radical (unpaired) electrons. The maximum Gasteiger partial charge on any atom is 0.391 e. The SMILES string of the molecule is CC(C)C1CC(NC2CCCC(C(F)(F)F)C2)C1. The van der Waals surface area contributed by atoms with Crippen molar-refractivity contribution in [3.8, 4) is 0 Å². The van der Waals surface area contributed by atoms with Gasteiger partial charge in [-0.2, -0.15) is 13.2 Å². The normalized spacial score (nSPS) is 37.7. The fourth-order valence-corrected chi connectivity index (χ4v) is 3.31. The highest BCUT2D eigenvalue weighted by molar-refractivity contribution is 4.91. The standard InChI is InChI=1S/C14H24F3N/c1-9(2)10-6-13(7-10)18-12-5-3-4-11(8-12)14(15,16)17/h9-13,18H,3-8H2,1-2H3. The van der Waals surface area contributed by atoms with Gasteiger partial charge in [-0.25, -0.2) is 0 Å². The van der Waals surface area contributed by atoms with Gasteiger partial charge in [-0.05, 0) is 43.9 Å². The largest absolute Gasteiger partial charge is 0.391 e. The molecule has 0 heterocycles. The van der Waals surface area contributed by atoms with Crippen LogP contribution in [0.25, 0.3) is 0 Å². The minimum atomic E-state index is -4.00. The van der Waals surface area contributed by atoms with Gasteiger partial charge in [-0.3, -0.25) is 0 Å². The van der Waals surface area contributed by atoms with Gasteiger partial charge in [0, 0.05) is 12.1 Å². The maximum absolute atomic E-state index is 12.7. The van der Waals surface area contributed by atoms with Gasteiger partial charge < -0.3 is 5.32 Å². The van der Waals surface area contributed by atoms with E-state index in [2.05, 4.69) is 19.2 Å². The number of hydrogen-bond acceptors (Lipinski definition) is 1. The molecule has 0 aliphatic heterocycles. The topological polar surface area (TPSA) is 12.0 Å². The van der Waals surface area contributed by atoms with E-state index in [1.54, 1.807) is 0 Å². The van der Waals surface area contributed by atoms with E-state index < -0.39 is 12.1 Å². The predicted octanol–water partition coefficient (Wildman–Crippen LogP) is 4.13. The lowest BCUT2D eigenvalue weighted by Gasteiger charge is -2.42. The van der Waals surface area contributed by atoms with Crippen LogP contribution in [0, 0.1) is 17.8 Å². The molecule has 2 atom stereocenters. The predicted molar refractivity (Wildman–Crippen MR) is 66.3 cm³/mol. The summed E-state index contributed by atoms with van der Waals surface area (Å²) in [6, 6.07) is 0.554. The molecule has 0 saturated heterocycles. The first-order valence-corrected chi connectivity index (χ1v) is 7.19. The zero-order valence-electron chi connectivity index (χ0n) is 11.3. The van der Waals surface area contributed by atoms with Crippen LogP contribution in [0.1, 0.15) is 52.4 Å². The fraction of sp³-hybridized carbons (Fsp3) is 1.00. The van der Waals surface area contributed by atoms with Gasteiger partial charge in [0.15, 0.2) is 0 Å². The third kappa shape index (κ3) is 3.40. The highest BCUT2D eigenvalue weighted by Gasteiger charge is 2.43. The second-order valence-electron chi connectivity index (χ2n) is 6.44. The molecule has 106 valence electrons. The van der Waals surface area contributed by atoms with Crippen LogP contribution in [0.15, 0.2) is 0 Å². The molecule has 4 heteroatoms. The molecule has 2 saturated carbocycles. The van der Waals surface area contributed by atoms with Crippen molar-refractivity contribution in [3.63, 3.8) is 0 Å². The van der Waals surface area contributed by atoms with Gasteiger partial charge in [-0.1, -0.05) is 20.3 Å². The molecule has 2 aliphatic carbocycles. The van der Waals surface area contributed by atoms with E-state index >= 15 is 0 Å². The molecule has 2 unspecified atom stereocenters. The average molecular weight is 263 g/mol. The van der Waals surface area contributed by atoms with E-state index in [0.29, 0.717) is 24.8 Å². The second-order valence-corrected chi connectivity index (χ2v) is 6.44. The van der Waals surface area contributed by atoms with Crippen LogP contribution < -0.4 is 5.32 Å². The summed E-state index contributed by atoms with van der Waals surface area (Å²) in [4.78, 5) is 0. The van der Waals surface area contributed by atoms with Crippen LogP contribution >= 0.6 is 0 Å². The Labute approximate surface area is 108 Å². The minimum Gasteiger partial charge on any atom is -0.311 e. The Kier molecular flexibility index (Phi) is 4.25. The molecule has 18 heavy (non-hydrogen) atoms. The summed E-state index contributed by atoms with van der Waals surface area (Å²) in [5, 5.41) is 3.44. The van der Waals surface area contributed by atoms with Gasteiger partial charge in [0.2, 0.25) is 0 Å². The van der Waals surface area contributed by atoms with Crippen LogP contribution in [0.2, 0.25) is 0 Å². The van der Waals surface area contributed by atoms with Gasteiger partial charge in [0.25, 0.3) is 0 Å². The molecule has 2 rings (SSSR count). The molecule has 0 amide bonds. The third-order valence-electron chi connectivity index (χ3n) is 4.73.